The molecule has 1 radical (unpaired) electrons. The van der Waals surface area contributed by atoms with Crippen LogP contribution in [0.25, 0.3) is 0 Å². The van der Waals surface area contributed by atoms with Crippen LogP contribution in [0.5, 0.6) is 0 Å². The molecule has 0 bridgehead atoms. The van der Waals surface area contributed by atoms with E-state index in [-0.39, 0.29) is 0 Å². The molecule has 0 saturated carbocycles. The van der Waals surface area contributed by atoms with Crippen molar-refractivity contribution >= 4 is 8.80 Å². The minimum atomic E-state index is -2.60. The first kappa shape index (κ1) is 30.1. The maximum Gasteiger partial charge on any atom is 0.503 e. The van der Waals surface area contributed by atoms with Crippen molar-refractivity contribution in [2.24, 2.45) is 5.92 Å². The summed E-state index contributed by atoms with van der Waals surface area (Å²) in [5, 5.41) is 0. The van der Waals surface area contributed by atoms with E-state index in [2.05, 4.69) is 27.7 Å². The first-order chi connectivity index (χ1) is 14.5. The number of rotatable bonds is 22. The summed E-state index contributed by atoms with van der Waals surface area (Å²) in [6, 6.07) is 0. The normalized spacial score (nSPS) is 14.4. The van der Waals surface area contributed by atoms with Gasteiger partial charge >= 0.3 is 8.80 Å². The highest BCUT2D eigenvalue weighted by Crippen LogP contribution is 2.41. The van der Waals surface area contributed by atoms with Crippen LogP contribution in [-0.4, -0.2) is 30.1 Å². The van der Waals surface area contributed by atoms with Crippen molar-refractivity contribution < 1.29 is 13.3 Å². The molecule has 0 aliphatic heterocycles. The monoisotopic (exact) mass is 443 g/mol. The van der Waals surface area contributed by atoms with Crippen LogP contribution in [0, 0.1) is 11.8 Å². The van der Waals surface area contributed by atoms with Crippen molar-refractivity contribution in [3.05, 3.63) is 5.92 Å². The molecule has 0 aromatic carbocycles. The molecule has 2 unspecified atom stereocenters. The molecule has 181 valence electrons. The first-order valence-corrected chi connectivity index (χ1v) is 14.8. The van der Waals surface area contributed by atoms with E-state index in [9.17, 15) is 0 Å². The van der Waals surface area contributed by atoms with Gasteiger partial charge in [-0.25, -0.2) is 0 Å². The van der Waals surface area contributed by atoms with Crippen molar-refractivity contribution in [2.75, 3.05) is 21.3 Å². The van der Waals surface area contributed by atoms with Crippen molar-refractivity contribution in [3.63, 3.8) is 0 Å². The van der Waals surface area contributed by atoms with Gasteiger partial charge in [0.2, 0.25) is 0 Å². The lowest BCUT2D eigenvalue weighted by molar-refractivity contribution is 0.109. The molecule has 0 heterocycles. The van der Waals surface area contributed by atoms with E-state index < -0.39 is 8.80 Å². The summed E-state index contributed by atoms with van der Waals surface area (Å²) in [4.78, 5) is 0. The molecule has 0 rings (SSSR count). The van der Waals surface area contributed by atoms with E-state index in [1.165, 1.54) is 102 Å². The Morgan fingerprint density at radius 2 is 1.00 bits per heavy atom. The molecule has 2 atom stereocenters. The van der Waals surface area contributed by atoms with E-state index in [0.29, 0.717) is 11.5 Å². The fourth-order valence-electron chi connectivity index (χ4n) is 4.74. The second kappa shape index (κ2) is 19.8. The second-order valence-corrected chi connectivity index (χ2v) is 12.3. The lowest BCUT2D eigenvalue weighted by atomic mass is 9.87. The third-order valence-corrected chi connectivity index (χ3v) is 10.4. The van der Waals surface area contributed by atoms with Crippen molar-refractivity contribution in [1.29, 1.82) is 0 Å². The highest BCUT2D eigenvalue weighted by Gasteiger charge is 2.49. The minimum Gasteiger partial charge on any atom is -0.377 e. The van der Waals surface area contributed by atoms with Crippen LogP contribution < -0.4 is 0 Å². The summed E-state index contributed by atoms with van der Waals surface area (Å²) < 4.78 is 17.3. The van der Waals surface area contributed by atoms with Gasteiger partial charge in [-0.3, -0.25) is 0 Å². The second-order valence-electron chi connectivity index (χ2n) is 9.21. The van der Waals surface area contributed by atoms with Gasteiger partial charge in [0, 0.05) is 26.9 Å². The average molecular weight is 444 g/mol. The average Bonchev–Trinajstić information content (AvgIpc) is 2.77. The van der Waals surface area contributed by atoms with Gasteiger partial charge in [-0.05, 0) is 18.3 Å². The van der Waals surface area contributed by atoms with Gasteiger partial charge in [0.15, 0.2) is 0 Å². The van der Waals surface area contributed by atoms with Crippen molar-refractivity contribution in [3.8, 4) is 0 Å². The molecule has 0 aliphatic carbocycles. The van der Waals surface area contributed by atoms with Gasteiger partial charge in [0.25, 0.3) is 0 Å². The highest BCUT2D eigenvalue weighted by atomic mass is 28.4. The highest BCUT2D eigenvalue weighted by molar-refractivity contribution is 6.62. The zero-order chi connectivity index (χ0) is 22.7. The van der Waals surface area contributed by atoms with Gasteiger partial charge in [-0.1, -0.05) is 124 Å². The molecule has 0 amide bonds. The van der Waals surface area contributed by atoms with Crippen LogP contribution >= 0.6 is 0 Å². The molecular formula is C26H55O3Si. The molecular weight excluding hydrogens is 388 g/mol. The lowest BCUT2D eigenvalue weighted by Gasteiger charge is -2.37. The van der Waals surface area contributed by atoms with Crippen molar-refractivity contribution in [1.82, 2.24) is 0 Å². The van der Waals surface area contributed by atoms with Gasteiger partial charge in [-0.15, -0.1) is 0 Å². The molecule has 0 aliphatic rings. The van der Waals surface area contributed by atoms with E-state index in [4.69, 9.17) is 13.3 Å². The Morgan fingerprint density at radius 3 is 1.33 bits per heavy atom. The summed E-state index contributed by atoms with van der Waals surface area (Å²) in [6.07, 6.45) is 22.1. The Hall–Kier alpha value is 0.0969. The Bertz CT molecular complexity index is 352. The topological polar surface area (TPSA) is 27.7 Å². The van der Waals surface area contributed by atoms with Crippen LogP contribution in [0.15, 0.2) is 0 Å². The Kier molecular flexibility index (Phi) is 19.8. The summed E-state index contributed by atoms with van der Waals surface area (Å²) in [6.45, 7) is 9.15. The molecule has 0 spiro atoms. The number of unbranched alkanes of at least 4 members (excludes halogenated alkanes) is 13. The predicted octanol–water partition coefficient (Wildman–Crippen LogP) is 8.75. The molecule has 0 fully saturated rings. The third-order valence-electron chi connectivity index (χ3n) is 7.01. The van der Waals surface area contributed by atoms with Crippen LogP contribution in [0.4, 0.5) is 0 Å². The zero-order valence-corrected chi connectivity index (χ0v) is 22.7. The largest absolute Gasteiger partial charge is 0.503 e. The standard InChI is InChI=1S/C26H55O3Si/c1-8-10-11-12-13-14-15-16-17-18-19-20-21-22-23-24(3)25(4)26(9-2)30(27-5,28-6)29-7/h24,26H,8-23H2,1-7H3. The van der Waals surface area contributed by atoms with Crippen LogP contribution in [-0.2, 0) is 13.3 Å². The van der Waals surface area contributed by atoms with Crippen LogP contribution in [0.1, 0.15) is 130 Å². The van der Waals surface area contributed by atoms with Crippen LogP contribution in [0.3, 0.4) is 0 Å². The van der Waals surface area contributed by atoms with Gasteiger partial charge < -0.3 is 13.3 Å². The smallest absolute Gasteiger partial charge is 0.377 e. The third kappa shape index (κ3) is 12.2. The maximum absolute atomic E-state index is 5.76. The molecule has 0 N–H and O–H groups in total. The van der Waals surface area contributed by atoms with E-state index >= 15 is 0 Å². The molecule has 4 heteroatoms. The molecule has 3 nitrogen and oxygen atoms in total. The molecule has 0 saturated heterocycles. The summed E-state index contributed by atoms with van der Waals surface area (Å²) in [5.41, 5.74) is 0.291. The lowest BCUT2D eigenvalue weighted by Crippen LogP contribution is -2.49. The fourth-order valence-corrected chi connectivity index (χ4v) is 7.44. The van der Waals surface area contributed by atoms with Gasteiger partial charge in [0.1, 0.15) is 0 Å². The first-order valence-electron chi connectivity index (χ1n) is 13.0. The van der Waals surface area contributed by atoms with E-state index in [1.54, 1.807) is 21.3 Å². The number of hydrogen-bond acceptors (Lipinski definition) is 3. The fraction of sp³-hybridized carbons (Fsp3) is 0.962. The Labute approximate surface area is 191 Å². The van der Waals surface area contributed by atoms with Crippen molar-refractivity contribution in [2.45, 2.75) is 136 Å². The zero-order valence-electron chi connectivity index (χ0n) is 21.7. The Morgan fingerprint density at radius 1 is 0.633 bits per heavy atom. The Balaban J connectivity index is 3.80. The molecule has 0 aromatic rings. The van der Waals surface area contributed by atoms with E-state index in [1.807, 2.05) is 0 Å². The maximum atomic E-state index is 5.76. The molecule has 0 aromatic heterocycles. The van der Waals surface area contributed by atoms with Gasteiger partial charge in [0.05, 0.1) is 0 Å². The SMILES string of the molecule is CCCCCCCCCCCCCCCCC(C)[C](C)C(CC)[Si](OC)(OC)OC. The van der Waals surface area contributed by atoms with E-state index in [0.717, 1.165) is 6.42 Å². The predicted molar refractivity (Wildman–Crippen MR) is 134 cm³/mol. The minimum absolute atomic E-state index is 0.291. The van der Waals surface area contributed by atoms with Gasteiger partial charge in [-0.2, -0.15) is 0 Å². The van der Waals surface area contributed by atoms with Crippen LogP contribution in [0.2, 0.25) is 5.54 Å². The summed E-state index contributed by atoms with van der Waals surface area (Å²) in [5.74, 6) is 2.09. The quantitative estimate of drug-likeness (QED) is 0.124. The summed E-state index contributed by atoms with van der Waals surface area (Å²) in [7, 11) is 2.59. The molecule has 30 heavy (non-hydrogen) atoms. The summed E-state index contributed by atoms with van der Waals surface area (Å²) >= 11 is 0. The number of hydrogen-bond donors (Lipinski definition) is 0.